The lowest BCUT2D eigenvalue weighted by Crippen LogP contribution is -2.14. The minimum Gasteiger partial charge on any atom is -0.378 e. The van der Waals surface area contributed by atoms with Crippen LogP contribution >= 0.6 is 11.8 Å². The van der Waals surface area contributed by atoms with Gasteiger partial charge >= 0.3 is 5.69 Å². The first kappa shape index (κ1) is 12.7. The monoisotopic (exact) mass is 263 g/mol. The van der Waals surface area contributed by atoms with E-state index in [9.17, 15) is 10.1 Å². The van der Waals surface area contributed by atoms with Gasteiger partial charge < -0.3 is 5.32 Å². The van der Waals surface area contributed by atoms with E-state index in [0.29, 0.717) is 17.5 Å². The second-order valence-electron chi connectivity index (χ2n) is 4.09. The molecule has 1 aliphatic heterocycles. The van der Waals surface area contributed by atoms with Crippen LogP contribution in [0.2, 0.25) is 0 Å². The van der Waals surface area contributed by atoms with Crippen LogP contribution in [0, 0.1) is 21.4 Å². The maximum Gasteiger partial charge on any atom is 0.309 e. The van der Waals surface area contributed by atoms with Crippen LogP contribution in [0.1, 0.15) is 18.4 Å². The van der Waals surface area contributed by atoms with Crippen LogP contribution in [0.25, 0.3) is 0 Å². The Morgan fingerprint density at radius 2 is 2.44 bits per heavy atom. The minimum atomic E-state index is -0.497. The average molecular weight is 263 g/mol. The molecule has 1 heterocycles. The summed E-state index contributed by atoms with van der Waals surface area (Å²) in [5.74, 6) is 1.16. The third-order valence-electron chi connectivity index (χ3n) is 2.88. The van der Waals surface area contributed by atoms with Crippen molar-refractivity contribution in [3.05, 3.63) is 33.9 Å². The summed E-state index contributed by atoms with van der Waals surface area (Å²) in [6, 6.07) is 6.64. The van der Waals surface area contributed by atoms with Gasteiger partial charge in [0.2, 0.25) is 0 Å². The molecule has 1 saturated heterocycles. The maximum atomic E-state index is 11.0. The van der Waals surface area contributed by atoms with Crippen LogP contribution in [-0.4, -0.2) is 22.5 Å². The molecule has 1 fully saturated rings. The van der Waals surface area contributed by atoms with Crippen LogP contribution in [-0.2, 0) is 0 Å². The van der Waals surface area contributed by atoms with Crippen molar-refractivity contribution < 1.29 is 4.92 Å². The molecule has 0 bridgehead atoms. The molecule has 6 heteroatoms. The molecule has 1 aliphatic rings. The van der Waals surface area contributed by atoms with Gasteiger partial charge in [0.25, 0.3) is 0 Å². The number of thioether (sulfide) groups is 1. The van der Waals surface area contributed by atoms with E-state index in [0.717, 1.165) is 12.2 Å². The average Bonchev–Trinajstić information content (AvgIpc) is 2.88. The van der Waals surface area contributed by atoms with E-state index in [2.05, 4.69) is 5.32 Å². The second-order valence-corrected chi connectivity index (χ2v) is 5.49. The highest BCUT2D eigenvalue weighted by Gasteiger charge is 2.21. The van der Waals surface area contributed by atoms with Crippen molar-refractivity contribution in [1.82, 2.24) is 0 Å². The molecule has 0 aliphatic carbocycles. The van der Waals surface area contributed by atoms with Gasteiger partial charge in [-0.3, -0.25) is 10.1 Å². The first-order valence-corrected chi connectivity index (χ1v) is 6.80. The number of benzene rings is 1. The van der Waals surface area contributed by atoms with Crippen molar-refractivity contribution in [2.24, 2.45) is 0 Å². The molecule has 1 N–H and O–H groups in total. The van der Waals surface area contributed by atoms with E-state index < -0.39 is 4.92 Å². The standard InChI is InChI=1S/C12H13N3O2S/c13-7-9-3-1-5-11(12(9)15(16)17)14-8-10-4-2-6-18-10/h1,3,5,10,14H,2,4,6,8H2. The lowest BCUT2D eigenvalue weighted by molar-refractivity contribution is -0.384. The summed E-state index contributed by atoms with van der Waals surface area (Å²) in [7, 11) is 0. The van der Waals surface area contributed by atoms with E-state index in [1.807, 2.05) is 17.8 Å². The molecule has 1 unspecified atom stereocenters. The number of nitro benzene ring substituents is 1. The summed E-state index contributed by atoms with van der Waals surface area (Å²) in [6.45, 7) is 0.709. The molecule has 1 atom stereocenters. The zero-order chi connectivity index (χ0) is 13.0. The highest BCUT2D eigenvalue weighted by Crippen LogP contribution is 2.30. The molecule has 0 amide bonds. The van der Waals surface area contributed by atoms with Gasteiger partial charge in [-0.25, -0.2) is 0 Å². The maximum absolute atomic E-state index is 11.0. The number of hydrogen-bond donors (Lipinski definition) is 1. The predicted molar refractivity (Wildman–Crippen MR) is 71.8 cm³/mol. The highest BCUT2D eigenvalue weighted by atomic mass is 32.2. The van der Waals surface area contributed by atoms with Crippen LogP contribution < -0.4 is 5.32 Å². The molecule has 2 rings (SSSR count). The van der Waals surface area contributed by atoms with Crippen LogP contribution in [0.5, 0.6) is 0 Å². The number of nitrogens with zero attached hydrogens (tertiary/aromatic N) is 2. The molecule has 5 nitrogen and oxygen atoms in total. The first-order valence-electron chi connectivity index (χ1n) is 5.75. The Morgan fingerprint density at radius 3 is 3.06 bits per heavy atom. The molecule has 18 heavy (non-hydrogen) atoms. The van der Waals surface area contributed by atoms with Crippen molar-refractivity contribution >= 4 is 23.1 Å². The van der Waals surface area contributed by atoms with E-state index >= 15 is 0 Å². The molecular formula is C12H13N3O2S. The van der Waals surface area contributed by atoms with Crippen molar-refractivity contribution in [2.75, 3.05) is 17.6 Å². The quantitative estimate of drug-likeness (QED) is 0.667. The van der Waals surface area contributed by atoms with Gasteiger partial charge in [-0.1, -0.05) is 6.07 Å². The second kappa shape index (κ2) is 5.74. The zero-order valence-electron chi connectivity index (χ0n) is 9.76. The van der Waals surface area contributed by atoms with Crippen molar-refractivity contribution in [2.45, 2.75) is 18.1 Å². The lowest BCUT2D eigenvalue weighted by Gasteiger charge is -2.11. The van der Waals surface area contributed by atoms with E-state index in [1.165, 1.54) is 12.5 Å². The lowest BCUT2D eigenvalue weighted by atomic mass is 10.1. The van der Waals surface area contributed by atoms with E-state index in [-0.39, 0.29) is 11.3 Å². The van der Waals surface area contributed by atoms with Gasteiger partial charge in [0.15, 0.2) is 0 Å². The van der Waals surface area contributed by atoms with Gasteiger partial charge in [-0.2, -0.15) is 17.0 Å². The van der Waals surface area contributed by atoms with E-state index in [1.54, 1.807) is 12.1 Å². The summed E-state index contributed by atoms with van der Waals surface area (Å²) >= 11 is 1.89. The Balaban J connectivity index is 2.16. The molecule has 1 aromatic carbocycles. The van der Waals surface area contributed by atoms with Crippen molar-refractivity contribution in [1.29, 1.82) is 5.26 Å². The smallest absolute Gasteiger partial charge is 0.309 e. The Morgan fingerprint density at radius 1 is 1.61 bits per heavy atom. The molecule has 0 aromatic heterocycles. The Kier molecular flexibility index (Phi) is 4.05. The zero-order valence-corrected chi connectivity index (χ0v) is 10.6. The molecule has 1 aromatic rings. The fourth-order valence-corrected chi connectivity index (χ4v) is 3.20. The van der Waals surface area contributed by atoms with Crippen molar-refractivity contribution in [3.63, 3.8) is 0 Å². The van der Waals surface area contributed by atoms with Crippen LogP contribution in [0.4, 0.5) is 11.4 Å². The third kappa shape index (κ3) is 2.74. The molecular weight excluding hydrogens is 250 g/mol. The predicted octanol–water partition coefficient (Wildman–Crippen LogP) is 2.77. The largest absolute Gasteiger partial charge is 0.378 e. The fourth-order valence-electron chi connectivity index (χ4n) is 2.00. The van der Waals surface area contributed by atoms with Gasteiger partial charge in [0, 0.05) is 11.8 Å². The molecule has 0 radical (unpaired) electrons. The summed E-state index contributed by atoms with van der Waals surface area (Å²) in [5.41, 5.74) is 0.415. The fraction of sp³-hybridized carbons (Fsp3) is 0.417. The van der Waals surface area contributed by atoms with Crippen LogP contribution in [0.15, 0.2) is 18.2 Å². The summed E-state index contributed by atoms with van der Waals surface area (Å²) < 4.78 is 0. The number of nitriles is 1. The Labute approximate surface area is 109 Å². The number of rotatable bonds is 4. The topological polar surface area (TPSA) is 79.0 Å². The minimum absolute atomic E-state index is 0.101. The Bertz CT molecular complexity index is 493. The van der Waals surface area contributed by atoms with Gasteiger partial charge in [-0.05, 0) is 30.7 Å². The van der Waals surface area contributed by atoms with Crippen LogP contribution in [0.3, 0.4) is 0 Å². The summed E-state index contributed by atoms with van der Waals surface area (Å²) in [6.07, 6.45) is 2.35. The number of nitrogens with one attached hydrogen (secondary N) is 1. The number of hydrogen-bond acceptors (Lipinski definition) is 5. The van der Waals surface area contributed by atoms with E-state index in [4.69, 9.17) is 5.26 Å². The van der Waals surface area contributed by atoms with Crippen molar-refractivity contribution in [3.8, 4) is 6.07 Å². The highest BCUT2D eigenvalue weighted by molar-refractivity contribution is 8.00. The van der Waals surface area contributed by atoms with Gasteiger partial charge in [-0.15, -0.1) is 0 Å². The SMILES string of the molecule is N#Cc1cccc(NCC2CCCS2)c1[N+](=O)[O-]. The summed E-state index contributed by atoms with van der Waals surface area (Å²) in [4.78, 5) is 10.5. The number of nitro groups is 1. The normalized spacial score (nSPS) is 18.3. The Hall–Kier alpha value is -1.74. The third-order valence-corrected chi connectivity index (χ3v) is 4.28. The van der Waals surface area contributed by atoms with Gasteiger partial charge in [0.05, 0.1) is 4.92 Å². The molecule has 0 saturated carbocycles. The first-order chi connectivity index (χ1) is 8.72. The number of para-hydroxylation sites is 1. The molecule has 0 spiro atoms. The number of anilines is 1. The summed E-state index contributed by atoms with van der Waals surface area (Å²) in [5, 5.41) is 23.5. The molecule has 94 valence electrons. The van der Waals surface area contributed by atoms with Gasteiger partial charge in [0.1, 0.15) is 17.3 Å².